The molecule has 0 aliphatic carbocycles. The molecule has 8 atom stereocenters. The van der Waals surface area contributed by atoms with Gasteiger partial charge in [-0.05, 0) is 19.3 Å². The van der Waals surface area contributed by atoms with E-state index in [1.807, 2.05) is 22.9 Å². The summed E-state index contributed by atoms with van der Waals surface area (Å²) in [4.78, 5) is 65.7. The molecule has 0 spiro atoms. The molecule has 38 heavy (non-hydrogen) atoms. The monoisotopic (exact) mass is 608 g/mol. The molecular formula is C23H40N6O8Se. The molecule has 9 N–H and O–H groups in total. The van der Waals surface area contributed by atoms with Crippen LogP contribution in [-0.4, -0.2) is 116 Å². The zero-order valence-electron chi connectivity index (χ0n) is 21.8. The van der Waals surface area contributed by atoms with Crippen molar-refractivity contribution < 1.29 is 39.3 Å². The topological polar surface area (TPSA) is 233 Å². The second kappa shape index (κ2) is 16.4. The summed E-state index contributed by atoms with van der Waals surface area (Å²) in [6, 6.07) is -5.66. The Bertz CT molecular complexity index is 871. The van der Waals surface area contributed by atoms with Crippen molar-refractivity contribution in [1.82, 2.24) is 21.3 Å². The van der Waals surface area contributed by atoms with E-state index < -0.39 is 66.1 Å². The summed E-state index contributed by atoms with van der Waals surface area (Å²) in [6.45, 7) is 4.82. The molecule has 0 aromatic carbocycles. The number of nitrogens with zero attached hydrogens (tertiary/aromatic N) is 1. The summed E-state index contributed by atoms with van der Waals surface area (Å²) in [5, 5.41) is 38.7. The number of amides is 4. The molecule has 0 bridgehead atoms. The number of aliphatic hydroxyl groups excluding tert-OH is 2. The molecule has 4 amide bonds. The first-order valence-electron chi connectivity index (χ1n) is 12.5. The average Bonchev–Trinajstić information content (AvgIpc) is 3.29. The van der Waals surface area contributed by atoms with E-state index in [4.69, 9.17) is 5.73 Å². The van der Waals surface area contributed by atoms with Gasteiger partial charge in [0.05, 0.1) is 0 Å². The zero-order chi connectivity index (χ0) is 29.0. The van der Waals surface area contributed by atoms with Gasteiger partial charge in [-0.2, -0.15) is 0 Å². The molecule has 216 valence electrons. The van der Waals surface area contributed by atoms with Gasteiger partial charge in [-0.1, -0.05) is 6.92 Å². The molecule has 0 radical (unpaired) electrons. The number of carbonyl (C=O) groups excluding carboxylic acids is 4. The van der Waals surface area contributed by atoms with E-state index in [1.165, 1.54) is 13.8 Å². The van der Waals surface area contributed by atoms with Crippen LogP contribution in [0.4, 0.5) is 0 Å². The molecule has 0 saturated carbocycles. The van der Waals surface area contributed by atoms with Crippen LogP contribution in [0.5, 0.6) is 0 Å². The predicted molar refractivity (Wildman–Crippen MR) is 140 cm³/mol. The Labute approximate surface area is 229 Å². The Kier molecular flexibility index (Phi) is 14.4. The van der Waals surface area contributed by atoms with Crippen molar-refractivity contribution in [3.05, 3.63) is 0 Å². The molecule has 1 rings (SSSR count). The van der Waals surface area contributed by atoms with Crippen molar-refractivity contribution in [1.29, 1.82) is 0 Å². The number of hydrogen-bond acceptors (Lipinski definition) is 9. The standard InChI is InChI=1S/C23H40N6O8Se/c1-11-7-9-25-17(11)21(34)26-8-5-4-6-14(27-20(33)16(24)12(2)30)19(32)29-18(13(3)31)22(35)28-15(10-38)23(36)37/h9,11-18,30-31,38H,4-8,10,24H2,1-3H3,(H,26,34)(H,27,33)(H,28,35)(H,29,32)(H,36,37)/t11-,12-,13-,14+,15+,16+,17-,18+/m1/s1. The fourth-order valence-corrected chi connectivity index (χ4v) is 4.11. The van der Waals surface area contributed by atoms with Crippen molar-refractivity contribution in [3.8, 4) is 0 Å². The van der Waals surface area contributed by atoms with Gasteiger partial charge in [-0.15, -0.1) is 0 Å². The van der Waals surface area contributed by atoms with Gasteiger partial charge in [-0.25, -0.2) is 0 Å². The summed E-state index contributed by atoms with van der Waals surface area (Å²) in [5.41, 5.74) is 5.67. The van der Waals surface area contributed by atoms with E-state index in [2.05, 4.69) is 26.3 Å². The molecule has 1 heterocycles. The molecule has 0 aromatic heterocycles. The Morgan fingerprint density at radius 2 is 1.63 bits per heavy atom. The Morgan fingerprint density at radius 1 is 1.00 bits per heavy atom. The third-order valence-corrected chi connectivity index (χ3v) is 6.85. The average molecular weight is 608 g/mol. The predicted octanol–water partition coefficient (Wildman–Crippen LogP) is -3.30. The van der Waals surface area contributed by atoms with E-state index >= 15 is 0 Å². The van der Waals surface area contributed by atoms with Gasteiger partial charge in [0.1, 0.15) is 6.04 Å². The van der Waals surface area contributed by atoms with Crippen LogP contribution in [0.1, 0.15) is 46.5 Å². The molecule has 0 fully saturated rings. The number of aliphatic carboxylic acids is 1. The number of aliphatic imine (C=N–C) groups is 1. The molecule has 14 nitrogen and oxygen atoms in total. The fraction of sp³-hybridized carbons (Fsp3) is 0.739. The molecule has 1 aliphatic heterocycles. The van der Waals surface area contributed by atoms with Crippen LogP contribution >= 0.6 is 0 Å². The summed E-state index contributed by atoms with van der Waals surface area (Å²) in [5.74, 6) is -3.87. The molecule has 0 aromatic rings. The second-order valence-corrected chi connectivity index (χ2v) is 10.2. The van der Waals surface area contributed by atoms with Gasteiger partial charge in [0.25, 0.3) is 0 Å². The molecule has 0 unspecified atom stereocenters. The van der Waals surface area contributed by atoms with Gasteiger partial charge < -0.3 is 10.4 Å². The third kappa shape index (κ3) is 10.7. The van der Waals surface area contributed by atoms with Crippen LogP contribution in [0.3, 0.4) is 0 Å². The Balaban J connectivity index is 2.82. The Hall–Kier alpha value is -2.58. The van der Waals surface area contributed by atoms with Crippen LogP contribution in [0.2, 0.25) is 5.32 Å². The van der Waals surface area contributed by atoms with Gasteiger partial charge in [0.2, 0.25) is 5.91 Å². The summed E-state index contributed by atoms with van der Waals surface area (Å²) < 4.78 is 0. The summed E-state index contributed by atoms with van der Waals surface area (Å²) in [7, 11) is 0. The summed E-state index contributed by atoms with van der Waals surface area (Å²) >= 11 is 2.02. The van der Waals surface area contributed by atoms with E-state index in [0.29, 0.717) is 19.4 Å². The number of hydrogen-bond donors (Lipinski definition) is 8. The molecule has 15 heteroatoms. The number of aliphatic hydroxyl groups is 2. The fourth-order valence-electron chi connectivity index (χ4n) is 3.59. The van der Waals surface area contributed by atoms with Crippen molar-refractivity contribution in [2.75, 3.05) is 6.54 Å². The number of nitrogens with one attached hydrogen (secondary N) is 4. The van der Waals surface area contributed by atoms with Crippen LogP contribution in [0.15, 0.2) is 4.99 Å². The number of carboxylic acid groups (broad SMARTS) is 1. The SMILES string of the molecule is C[C@@H]1CC=N[C@H]1C(=O)NCCCC[C@H](NC(=O)[C@@H](N)[C@@H](C)O)C(=O)N[C@H](C(=O)N[C@@H](C[SeH])C(=O)O)[C@@H](C)O. The van der Waals surface area contributed by atoms with E-state index in [1.54, 1.807) is 6.21 Å². The van der Waals surface area contributed by atoms with Crippen LogP contribution in [-0.2, 0) is 24.0 Å². The van der Waals surface area contributed by atoms with E-state index in [-0.39, 0.29) is 23.6 Å². The zero-order valence-corrected chi connectivity index (χ0v) is 23.7. The quantitative estimate of drug-likeness (QED) is 0.0648. The van der Waals surface area contributed by atoms with Crippen LogP contribution in [0, 0.1) is 5.92 Å². The number of nitrogens with two attached hydrogens (primary N) is 1. The minimum atomic E-state index is -1.50. The summed E-state index contributed by atoms with van der Waals surface area (Å²) in [6.07, 6.45) is 0.834. The van der Waals surface area contributed by atoms with Gasteiger partial charge in [0.15, 0.2) is 0 Å². The molecule has 1 aliphatic rings. The second-order valence-electron chi connectivity index (χ2n) is 9.41. The Morgan fingerprint density at radius 3 is 2.13 bits per heavy atom. The van der Waals surface area contributed by atoms with E-state index in [0.717, 1.165) is 6.42 Å². The van der Waals surface area contributed by atoms with Crippen molar-refractivity contribution >= 4 is 51.8 Å². The number of rotatable bonds is 16. The third-order valence-electron chi connectivity index (χ3n) is 6.08. The number of unbranched alkanes of at least 4 members (excludes halogenated alkanes) is 1. The van der Waals surface area contributed by atoms with Crippen molar-refractivity contribution in [2.45, 2.75) is 94.2 Å². The van der Waals surface area contributed by atoms with Crippen LogP contribution in [0.25, 0.3) is 0 Å². The van der Waals surface area contributed by atoms with Gasteiger partial charge >= 0.3 is 165 Å². The van der Waals surface area contributed by atoms with Gasteiger partial charge in [-0.3, -0.25) is 9.79 Å². The van der Waals surface area contributed by atoms with E-state index in [9.17, 15) is 39.3 Å². The van der Waals surface area contributed by atoms with Crippen molar-refractivity contribution in [2.24, 2.45) is 16.6 Å². The first-order valence-corrected chi connectivity index (χ1v) is 13.8. The van der Waals surface area contributed by atoms with Crippen molar-refractivity contribution in [3.63, 3.8) is 0 Å². The van der Waals surface area contributed by atoms with Gasteiger partial charge in [0, 0.05) is 6.21 Å². The molecular weight excluding hydrogens is 567 g/mol. The first kappa shape index (κ1) is 33.4. The first-order chi connectivity index (χ1) is 17.8. The number of carbonyl (C=O) groups is 5. The van der Waals surface area contributed by atoms with Crippen LogP contribution < -0.4 is 27.0 Å². The maximum atomic E-state index is 13.0. The minimum absolute atomic E-state index is 0.0208. The number of carboxylic acids is 1. The molecule has 0 saturated heterocycles. The normalized spacial score (nSPS) is 21.3. The maximum absolute atomic E-state index is 13.0.